The van der Waals surface area contributed by atoms with Gasteiger partial charge in [0.25, 0.3) is 11.5 Å². The number of fused-ring (bicyclic) bond motifs is 2. The first-order valence-electron chi connectivity index (χ1n) is 5.39. The number of nitrogens with one attached hydrogen (secondary N) is 1. The van der Waals surface area contributed by atoms with Gasteiger partial charge in [-0.05, 0) is 37.8 Å². The first kappa shape index (κ1) is 9.90. The van der Waals surface area contributed by atoms with Crippen molar-refractivity contribution in [3.63, 3.8) is 0 Å². The molecule has 0 saturated heterocycles. The van der Waals surface area contributed by atoms with Gasteiger partial charge >= 0.3 is 0 Å². The Balaban J connectivity index is 2.30. The number of hydrogen-bond acceptors (Lipinski definition) is 2. The molecule has 4 nitrogen and oxygen atoms in total. The van der Waals surface area contributed by atoms with Crippen LogP contribution in [-0.4, -0.2) is 10.5 Å². The van der Waals surface area contributed by atoms with E-state index in [0.29, 0.717) is 5.69 Å². The summed E-state index contributed by atoms with van der Waals surface area (Å²) in [4.78, 5) is 23.8. The smallest absolute Gasteiger partial charge is 0.271 e. The maximum atomic E-state index is 12.0. The van der Waals surface area contributed by atoms with E-state index in [-0.39, 0.29) is 16.5 Å². The Labute approximate surface area is 97.2 Å². The highest BCUT2D eigenvalue weighted by Gasteiger charge is 2.45. The summed E-state index contributed by atoms with van der Waals surface area (Å²) in [7, 11) is 0. The summed E-state index contributed by atoms with van der Waals surface area (Å²) in [6.45, 7) is 0. The van der Waals surface area contributed by atoms with E-state index in [1.165, 1.54) is 6.07 Å². The molecule has 0 aromatic carbocycles. The Kier molecular flexibility index (Phi) is 1.92. The number of carbonyl (C=O) groups is 1. The molecule has 0 unspecified atom stereocenters. The van der Waals surface area contributed by atoms with E-state index in [1.807, 2.05) is 0 Å². The Hall–Kier alpha value is -1.29. The lowest BCUT2D eigenvalue weighted by molar-refractivity contribution is 0.0920. The summed E-state index contributed by atoms with van der Waals surface area (Å²) in [5, 5.41) is 3.10. The van der Waals surface area contributed by atoms with Gasteiger partial charge in [-0.25, -0.2) is 0 Å². The van der Waals surface area contributed by atoms with E-state index in [4.69, 9.17) is 11.6 Å². The molecule has 0 atom stereocenters. The second-order valence-electron chi connectivity index (χ2n) is 4.40. The molecular formula is C11H11ClN2O2. The number of carbonyl (C=O) groups excluding carboxylic acids is 1. The van der Waals surface area contributed by atoms with E-state index in [1.54, 1.807) is 10.6 Å². The minimum absolute atomic E-state index is 0.171. The minimum atomic E-state index is -0.506. The molecule has 1 aliphatic carbocycles. The molecule has 1 amide bonds. The van der Waals surface area contributed by atoms with Gasteiger partial charge in [-0.3, -0.25) is 14.2 Å². The zero-order valence-corrected chi connectivity index (χ0v) is 9.38. The van der Waals surface area contributed by atoms with Crippen molar-refractivity contribution in [2.24, 2.45) is 0 Å². The maximum absolute atomic E-state index is 12.0. The van der Waals surface area contributed by atoms with Gasteiger partial charge in [0.1, 0.15) is 16.4 Å². The second kappa shape index (κ2) is 3.10. The fraction of sp³-hybridized carbons (Fsp3) is 0.455. The van der Waals surface area contributed by atoms with Crippen molar-refractivity contribution in [2.75, 3.05) is 0 Å². The van der Waals surface area contributed by atoms with Gasteiger partial charge in [-0.15, -0.1) is 0 Å². The van der Waals surface area contributed by atoms with Crippen molar-refractivity contribution >= 4 is 17.5 Å². The van der Waals surface area contributed by atoms with Gasteiger partial charge in [-0.1, -0.05) is 11.6 Å². The fourth-order valence-corrected chi connectivity index (χ4v) is 2.90. The lowest BCUT2D eigenvalue weighted by Gasteiger charge is -2.25. The van der Waals surface area contributed by atoms with Crippen LogP contribution in [0.2, 0.25) is 5.02 Å². The molecule has 2 heterocycles. The van der Waals surface area contributed by atoms with E-state index < -0.39 is 5.66 Å². The molecule has 1 saturated carbocycles. The molecule has 1 aromatic rings. The average Bonchev–Trinajstić information content (AvgIpc) is 2.80. The number of nitrogens with zero attached hydrogens (tertiary/aromatic N) is 1. The second-order valence-corrected chi connectivity index (χ2v) is 4.81. The molecule has 1 aliphatic heterocycles. The molecule has 16 heavy (non-hydrogen) atoms. The third-order valence-corrected chi connectivity index (χ3v) is 3.76. The molecule has 3 rings (SSSR count). The topological polar surface area (TPSA) is 51.1 Å². The summed E-state index contributed by atoms with van der Waals surface area (Å²) < 4.78 is 1.55. The number of rotatable bonds is 0. The normalized spacial score (nSPS) is 21.2. The summed E-state index contributed by atoms with van der Waals surface area (Å²) in [5.41, 5.74) is -0.343. The number of aromatic nitrogens is 1. The van der Waals surface area contributed by atoms with Crippen molar-refractivity contribution in [3.8, 4) is 0 Å². The molecule has 2 aliphatic rings. The van der Waals surface area contributed by atoms with Crippen LogP contribution in [0.1, 0.15) is 36.2 Å². The van der Waals surface area contributed by atoms with Crippen LogP contribution in [0.4, 0.5) is 0 Å². The zero-order valence-electron chi connectivity index (χ0n) is 8.62. The fourth-order valence-electron chi connectivity index (χ4n) is 2.76. The Morgan fingerprint density at radius 2 is 1.94 bits per heavy atom. The average molecular weight is 239 g/mol. The number of amides is 1. The highest BCUT2D eigenvalue weighted by molar-refractivity contribution is 6.30. The SMILES string of the molecule is O=C1NC2(CCCC2)n2c1ccc(Cl)c2=O. The van der Waals surface area contributed by atoms with Gasteiger partial charge in [0.15, 0.2) is 0 Å². The van der Waals surface area contributed by atoms with Gasteiger partial charge in [-0.2, -0.15) is 0 Å². The third kappa shape index (κ3) is 1.11. The summed E-state index contributed by atoms with van der Waals surface area (Å²) >= 11 is 5.83. The van der Waals surface area contributed by atoms with Crippen LogP contribution >= 0.6 is 11.6 Å². The lowest BCUT2D eigenvalue weighted by Crippen LogP contribution is -2.45. The van der Waals surface area contributed by atoms with Crippen LogP contribution in [0.25, 0.3) is 0 Å². The van der Waals surface area contributed by atoms with Gasteiger partial charge < -0.3 is 5.32 Å². The molecule has 1 aromatic heterocycles. The Bertz CT molecular complexity index is 529. The monoisotopic (exact) mass is 238 g/mol. The van der Waals surface area contributed by atoms with Crippen LogP contribution in [0.3, 0.4) is 0 Å². The van der Waals surface area contributed by atoms with E-state index in [2.05, 4.69) is 5.32 Å². The molecule has 0 radical (unpaired) electrons. The van der Waals surface area contributed by atoms with Crippen molar-refractivity contribution in [1.29, 1.82) is 0 Å². The lowest BCUT2D eigenvalue weighted by atomic mass is 10.1. The predicted molar refractivity (Wildman–Crippen MR) is 59.6 cm³/mol. The Morgan fingerprint density at radius 3 is 2.62 bits per heavy atom. The highest BCUT2D eigenvalue weighted by atomic mass is 35.5. The van der Waals surface area contributed by atoms with E-state index in [9.17, 15) is 9.59 Å². The quantitative estimate of drug-likeness (QED) is 0.744. The molecule has 1 fully saturated rings. The van der Waals surface area contributed by atoms with Crippen LogP contribution in [0.5, 0.6) is 0 Å². The van der Waals surface area contributed by atoms with Gasteiger partial charge in [0, 0.05) is 0 Å². The van der Waals surface area contributed by atoms with E-state index in [0.717, 1.165) is 25.7 Å². The standard InChI is InChI=1S/C11H11ClN2O2/c12-7-3-4-8-9(15)13-11(5-1-2-6-11)14(8)10(7)16/h3-4H,1-2,5-6H2,(H,13,15). The summed E-state index contributed by atoms with van der Waals surface area (Å²) in [5.74, 6) is -0.171. The zero-order chi connectivity index (χ0) is 11.3. The largest absolute Gasteiger partial charge is 0.327 e. The summed E-state index contributed by atoms with van der Waals surface area (Å²) in [6.07, 6.45) is 3.68. The van der Waals surface area contributed by atoms with Crippen LogP contribution in [0, 0.1) is 0 Å². The molecule has 5 heteroatoms. The van der Waals surface area contributed by atoms with E-state index >= 15 is 0 Å². The molecular weight excluding hydrogens is 228 g/mol. The maximum Gasteiger partial charge on any atom is 0.271 e. The highest BCUT2D eigenvalue weighted by Crippen LogP contribution is 2.37. The molecule has 84 valence electrons. The number of halogens is 1. The van der Waals surface area contributed by atoms with Crippen LogP contribution in [0.15, 0.2) is 16.9 Å². The Morgan fingerprint density at radius 1 is 1.25 bits per heavy atom. The van der Waals surface area contributed by atoms with Crippen LogP contribution in [-0.2, 0) is 5.66 Å². The summed E-state index contributed by atoms with van der Waals surface area (Å²) in [6, 6.07) is 3.11. The number of pyridine rings is 1. The first-order valence-corrected chi connectivity index (χ1v) is 5.76. The van der Waals surface area contributed by atoms with Crippen molar-refractivity contribution in [1.82, 2.24) is 9.88 Å². The molecule has 1 N–H and O–H groups in total. The van der Waals surface area contributed by atoms with Crippen molar-refractivity contribution in [3.05, 3.63) is 33.2 Å². The minimum Gasteiger partial charge on any atom is -0.327 e. The van der Waals surface area contributed by atoms with Crippen molar-refractivity contribution < 1.29 is 4.79 Å². The first-order chi connectivity index (χ1) is 7.64. The van der Waals surface area contributed by atoms with Gasteiger partial charge in [0.2, 0.25) is 0 Å². The van der Waals surface area contributed by atoms with Crippen LogP contribution < -0.4 is 10.9 Å². The van der Waals surface area contributed by atoms with Gasteiger partial charge in [0.05, 0.1) is 0 Å². The van der Waals surface area contributed by atoms with Crippen molar-refractivity contribution in [2.45, 2.75) is 31.3 Å². The third-order valence-electron chi connectivity index (χ3n) is 3.47. The predicted octanol–water partition coefficient (Wildman–Crippen LogP) is 1.47. The molecule has 0 bridgehead atoms. The molecule has 1 spiro atoms. The number of hydrogen-bond donors (Lipinski definition) is 1.